The van der Waals surface area contributed by atoms with E-state index in [4.69, 9.17) is 5.84 Å². The Morgan fingerprint density at radius 3 is 2.62 bits per heavy atom. The predicted octanol–water partition coefficient (Wildman–Crippen LogP) is 2.60. The van der Waals surface area contributed by atoms with Crippen molar-refractivity contribution in [2.75, 3.05) is 4.90 Å². The molecule has 3 amide bonds. The molecule has 122 valence electrons. The van der Waals surface area contributed by atoms with E-state index in [1.807, 2.05) is 41.8 Å². The summed E-state index contributed by atoms with van der Waals surface area (Å²) in [4.78, 5) is 30.4. The summed E-state index contributed by atoms with van der Waals surface area (Å²) in [6.07, 6.45) is 0. The van der Waals surface area contributed by atoms with Gasteiger partial charge < -0.3 is 0 Å². The van der Waals surface area contributed by atoms with E-state index in [0.717, 1.165) is 14.9 Å². The van der Waals surface area contributed by atoms with E-state index in [9.17, 15) is 9.59 Å². The van der Waals surface area contributed by atoms with Gasteiger partial charge in [0, 0.05) is 15.6 Å². The minimum atomic E-state index is -0.719. The second-order valence-corrected chi connectivity index (χ2v) is 6.22. The normalized spacial score (nSPS) is 17.0. The van der Waals surface area contributed by atoms with Gasteiger partial charge in [-0.25, -0.2) is 15.5 Å². The number of hydrogen-bond donors (Lipinski definition) is 2. The molecule has 1 unspecified atom stereocenters. The zero-order valence-electron chi connectivity index (χ0n) is 12.9. The Labute approximate surface area is 147 Å². The molecule has 0 bridgehead atoms. The number of carbonyl (C=O) groups is 2. The molecular weight excluding hydrogens is 372 g/mol. The van der Waals surface area contributed by atoms with Gasteiger partial charge >= 0.3 is 6.03 Å². The van der Waals surface area contributed by atoms with E-state index in [1.165, 1.54) is 0 Å². The number of halogens is 1. The van der Waals surface area contributed by atoms with Crippen molar-refractivity contribution in [3.63, 3.8) is 0 Å². The van der Waals surface area contributed by atoms with E-state index in [0.29, 0.717) is 17.0 Å². The van der Waals surface area contributed by atoms with Crippen LogP contribution in [0, 0.1) is 0 Å². The fourth-order valence-corrected chi connectivity index (χ4v) is 2.98. The van der Waals surface area contributed by atoms with Gasteiger partial charge in [0.2, 0.25) is 0 Å². The van der Waals surface area contributed by atoms with Crippen molar-refractivity contribution in [2.24, 2.45) is 10.8 Å². The first-order chi connectivity index (χ1) is 11.5. The maximum atomic E-state index is 12.7. The fourth-order valence-electron chi connectivity index (χ4n) is 2.62. The molecule has 0 saturated carbocycles. The molecule has 1 heterocycles. The van der Waals surface area contributed by atoms with Crippen LogP contribution in [0.25, 0.3) is 0 Å². The molecule has 2 aromatic rings. The summed E-state index contributed by atoms with van der Waals surface area (Å²) in [5.41, 5.74) is 4.67. The number of anilines is 1. The lowest BCUT2D eigenvalue weighted by molar-refractivity contribution is -0.118. The van der Waals surface area contributed by atoms with Crippen molar-refractivity contribution in [1.29, 1.82) is 0 Å². The van der Waals surface area contributed by atoms with E-state index >= 15 is 0 Å². The summed E-state index contributed by atoms with van der Waals surface area (Å²) in [7, 11) is 0. The van der Waals surface area contributed by atoms with Gasteiger partial charge in [-0.2, -0.15) is 0 Å². The standard InChI is InChI=1S/C17H15BrN4O2/c1-10-16(23)22(17(24)21-19)14-8-7-12(18)9-13(14)15(20-10)11-5-3-2-4-6-11/h2-10H,19H2,1H3,(H,21,24). The highest BCUT2D eigenvalue weighted by molar-refractivity contribution is 9.10. The zero-order chi connectivity index (χ0) is 17.3. The van der Waals surface area contributed by atoms with Crippen molar-refractivity contribution in [1.82, 2.24) is 5.43 Å². The topological polar surface area (TPSA) is 87.8 Å². The smallest absolute Gasteiger partial charge is 0.275 e. The number of hydrazine groups is 1. The molecule has 0 radical (unpaired) electrons. The molecule has 0 aliphatic carbocycles. The highest BCUT2D eigenvalue weighted by Gasteiger charge is 2.33. The lowest BCUT2D eigenvalue weighted by Gasteiger charge is -2.21. The summed E-state index contributed by atoms with van der Waals surface area (Å²) >= 11 is 3.44. The van der Waals surface area contributed by atoms with Gasteiger partial charge in [0.05, 0.1) is 11.4 Å². The molecule has 0 spiro atoms. The number of imide groups is 1. The third kappa shape index (κ3) is 2.83. The van der Waals surface area contributed by atoms with Crippen LogP contribution in [-0.2, 0) is 4.79 Å². The SMILES string of the molecule is CC1N=C(c2ccccc2)c2cc(Br)ccc2N(C(=O)NN)C1=O. The number of carbonyl (C=O) groups excluding carboxylic acids is 2. The summed E-state index contributed by atoms with van der Waals surface area (Å²) in [5, 5.41) is 0. The Morgan fingerprint density at radius 1 is 1.25 bits per heavy atom. The van der Waals surface area contributed by atoms with E-state index in [1.54, 1.807) is 19.1 Å². The first-order valence-corrected chi connectivity index (χ1v) is 8.10. The van der Waals surface area contributed by atoms with Crippen LogP contribution in [0.5, 0.6) is 0 Å². The quantitative estimate of drug-likeness (QED) is 0.448. The lowest BCUT2D eigenvalue weighted by Crippen LogP contribution is -2.49. The maximum absolute atomic E-state index is 12.7. The first kappa shape index (κ1) is 16.4. The Bertz CT molecular complexity index is 836. The van der Waals surface area contributed by atoms with Crippen LogP contribution >= 0.6 is 15.9 Å². The number of benzene rings is 2. The Hall–Kier alpha value is -2.51. The molecule has 3 N–H and O–H groups in total. The summed E-state index contributed by atoms with van der Waals surface area (Å²) in [6.45, 7) is 1.66. The van der Waals surface area contributed by atoms with Crippen molar-refractivity contribution in [3.8, 4) is 0 Å². The second-order valence-electron chi connectivity index (χ2n) is 5.30. The van der Waals surface area contributed by atoms with Crippen molar-refractivity contribution in [3.05, 3.63) is 64.1 Å². The van der Waals surface area contributed by atoms with Crippen molar-refractivity contribution in [2.45, 2.75) is 13.0 Å². The van der Waals surface area contributed by atoms with Gasteiger partial charge in [-0.3, -0.25) is 15.2 Å². The number of amides is 3. The van der Waals surface area contributed by atoms with Crippen LogP contribution in [0.15, 0.2) is 58.0 Å². The van der Waals surface area contributed by atoms with E-state index in [2.05, 4.69) is 20.9 Å². The van der Waals surface area contributed by atoms with Gasteiger partial charge in [0.1, 0.15) is 6.04 Å². The van der Waals surface area contributed by atoms with Gasteiger partial charge in [0.25, 0.3) is 5.91 Å². The summed E-state index contributed by atoms with van der Waals surface area (Å²) in [5.74, 6) is 4.82. The van der Waals surface area contributed by atoms with Crippen LogP contribution in [-0.4, -0.2) is 23.7 Å². The van der Waals surface area contributed by atoms with Crippen molar-refractivity contribution >= 4 is 39.3 Å². The van der Waals surface area contributed by atoms with Crippen LogP contribution in [0.2, 0.25) is 0 Å². The molecule has 24 heavy (non-hydrogen) atoms. The average molecular weight is 387 g/mol. The van der Waals surface area contributed by atoms with Gasteiger partial charge in [0.15, 0.2) is 0 Å². The molecule has 0 fully saturated rings. The highest BCUT2D eigenvalue weighted by Crippen LogP contribution is 2.31. The Balaban J connectivity index is 2.28. The van der Waals surface area contributed by atoms with Gasteiger partial charge in [-0.05, 0) is 25.1 Å². The predicted molar refractivity (Wildman–Crippen MR) is 95.9 cm³/mol. The zero-order valence-corrected chi connectivity index (χ0v) is 14.4. The molecule has 0 aromatic heterocycles. The van der Waals surface area contributed by atoms with Crippen LogP contribution in [0.3, 0.4) is 0 Å². The molecule has 0 saturated heterocycles. The number of fused-ring (bicyclic) bond motifs is 1. The second kappa shape index (κ2) is 6.54. The molecule has 1 aliphatic heterocycles. The van der Waals surface area contributed by atoms with Crippen LogP contribution < -0.4 is 16.2 Å². The molecule has 6 nitrogen and oxygen atoms in total. The molecule has 2 aromatic carbocycles. The number of nitrogens with two attached hydrogens (primary N) is 1. The minimum Gasteiger partial charge on any atom is -0.275 e. The Kier molecular flexibility index (Phi) is 4.46. The number of nitrogens with zero attached hydrogens (tertiary/aromatic N) is 2. The molecule has 1 aliphatic rings. The monoisotopic (exact) mass is 386 g/mol. The fraction of sp³-hybridized carbons (Fsp3) is 0.118. The van der Waals surface area contributed by atoms with Crippen LogP contribution in [0.1, 0.15) is 18.1 Å². The minimum absolute atomic E-state index is 0.438. The van der Waals surface area contributed by atoms with Crippen LogP contribution in [0.4, 0.5) is 10.5 Å². The molecule has 7 heteroatoms. The summed E-state index contributed by atoms with van der Waals surface area (Å²) < 4.78 is 0.819. The number of hydrogen-bond acceptors (Lipinski definition) is 4. The lowest BCUT2D eigenvalue weighted by atomic mass is 10.0. The molecular formula is C17H15BrN4O2. The summed E-state index contributed by atoms with van der Waals surface area (Å²) in [6, 6.07) is 13.4. The van der Waals surface area contributed by atoms with Gasteiger partial charge in [-0.1, -0.05) is 46.3 Å². The Morgan fingerprint density at radius 2 is 1.96 bits per heavy atom. The van der Waals surface area contributed by atoms with E-state index in [-0.39, 0.29) is 0 Å². The number of benzodiazepines with no additional fused rings is 1. The highest BCUT2D eigenvalue weighted by atomic mass is 79.9. The molecule has 3 rings (SSSR count). The average Bonchev–Trinajstić information content (AvgIpc) is 2.70. The molecule has 1 atom stereocenters. The number of aliphatic imine (C=N–C) groups is 1. The third-order valence-electron chi connectivity index (χ3n) is 3.73. The number of nitrogens with one attached hydrogen (secondary N) is 1. The first-order valence-electron chi connectivity index (χ1n) is 7.30. The number of urea groups is 1. The van der Waals surface area contributed by atoms with Gasteiger partial charge in [-0.15, -0.1) is 0 Å². The third-order valence-corrected chi connectivity index (χ3v) is 4.22. The maximum Gasteiger partial charge on any atom is 0.342 e. The van der Waals surface area contributed by atoms with Crippen molar-refractivity contribution < 1.29 is 9.59 Å². The number of rotatable bonds is 1. The van der Waals surface area contributed by atoms with E-state index < -0.39 is 18.0 Å². The largest absolute Gasteiger partial charge is 0.342 e.